The molecule has 1 aliphatic heterocycles. The average molecular weight is 455 g/mol. The van der Waals surface area contributed by atoms with Crippen LogP contribution in [0, 0.1) is 0 Å². The summed E-state index contributed by atoms with van der Waals surface area (Å²) in [4.78, 5) is 32.9. The van der Waals surface area contributed by atoms with Gasteiger partial charge in [-0.1, -0.05) is 54.6 Å². The van der Waals surface area contributed by atoms with E-state index in [2.05, 4.69) is 10.3 Å². The van der Waals surface area contributed by atoms with E-state index in [4.69, 9.17) is 12.2 Å². The van der Waals surface area contributed by atoms with E-state index >= 15 is 0 Å². The summed E-state index contributed by atoms with van der Waals surface area (Å²) < 4.78 is 0. The van der Waals surface area contributed by atoms with Gasteiger partial charge in [-0.3, -0.25) is 14.5 Å². The number of benzene rings is 3. The first kappa shape index (κ1) is 20.9. The Labute approximate surface area is 196 Å². The van der Waals surface area contributed by atoms with E-state index in [9.17, 15) is 9.59 Å². The molecular weight excluding hydrogens is 432 g/mol. The molecule has 7 heteroatoms. The fraction of sp³-hybridized carbons (Fsp3) is 0.115. The number of H-pyrrole nitrogens is 1. The second-order valence-corrected chi connectivity index (χ2v) is 8.32. The van der Waals surface area contributed by atoms with Crippen molar-refractivity contribution in [3.63, 3.8) is 0 Å². The quantitative estimate of drug-likeness (QED) is 0.415. The molecule has 0 aliphatic carbocycles. The van der Waals surface area contributed by atoms with Crippen LogP contribution < -0.4 is 10.2 Å². The molecule has 0 saturated carbocycles. The summed E-state index contributed by atoms with van der Waals surface area (Å²) in [5, 5.41) is 4.40. The van der Waals surface area contributed by atoms with Gasteiger partial charge in [0.25, 0.3) is 5.91 Å². The zero-order valence-electron chi connectivity index (χ0n) is 17.8. The van der Waals surface area contributed by atoms with Crippen LogP contribution in [-0.4, -0.2) is 32.9 Å². The third-order valence-corrected chi connectivity index (χ3v) is 6.16. The molecule has 1 atom stereocenters. The number of para-hydroxylation sites is 1. The van der Waals surface area contributed by atoms with Crippen molar-refractivity contribution in [2.24, 2.45) is 0 Å². The molecule has 0 bridgehead atoms. The van der Waals surface area contributed by atoms with E-state index in [1.807, 2.05) is 96.0 Å². The Morgan fingerprint density at radius 2 is 1.70 bits per heavy atom. The van der Waals surface area contributed by atoms with Crippen LogP contribution in [-0.2, 0) is 16.1 Å². The molecule has 2 heterocycles. The van der Waals surface area contributed by atoms with Gasteiger partial charge in [0.1, 0.15) is 6.04 Å². The fourth-order valence-corrected chi connectivity index (χ4v) is 4.51. The predicted molar refractivity (Wildman–Crippen MR) is 134 cm³/mol. The Morgan fingerprint density at radius 3 is 2.45 bits per heavy atom. The molecule has 2 N–H and O–H groups in total. The zero-order valence-corrected chi connectivity index (χ0v) is 18.6. The normalized spacial score (nSPS) is 15.9. The smallest absolute Gasteiger partial charge is 0.256 e. The lowest BCUT2D eigenvalue weighted by Gasteiger charge is -2.24. The summed E-state index contributed by atoms with van der Waals surface area (Å²) in [5.41, 5.74) is 3.33. The number of aromatic amines is 1. The minimum Gasteiger partial charge on any atom is -0.361 e. The predicted octanol–water partition coefficient (Wildman–Crippen LogP) is 4.70. The Morgan fingerprint density at radius 1 is 0.970 bits per heavy atom. The molecule has 4 aromatic rings. The van der Waals surface area contributed by atoms with Crippen molar-refractivity contribution in [1.29, 1.82) is 0 Å². The summed E-state index contributed by atoms with van der Waals surface area (Å²) in [6.07, 6.45) is 1.85. The largest absolute Gasteiger partial charge is 0.361 e. The molecule has 6 nitrogen and oxygen atoms in total. The monoisotopic (exact) mass is 454 g/mol. The fourth-order valence-electron chi connectivity index (χ4n) is 4.12. The van der Waals surface area contributed by atoms with Gasteiger partial charge in [0, 0.05) is 23.9 Å². The van der Waals surface area contributed by atoms with Gasteiger partial charge in [-0.05, 0) is 53.5 Å². The molecular formula is C26H22N4O2S. The van der Waals surface area contributed by atoms with Crippen LogP contribution >= 0.6 is 12.2 Å². The van der Waals surface area contributed by atoms with Crippen molar-refractivity contribution in [3.8, 4) is 0 Å². The van der Waals surface area contributed by atoms with Gasteiger partial charge in [-0.15, -0.1) is 0 Å². The van der Waals surface area contributed by atoms with Crippen LogP contribution in [0.1, 0.15) is 12.0 Å². The second kappa shape index (κ2) is 8.88. The van der Waals surface area contributed by atoms with E-state index in [1.165, 1.54) is 4.90 Å². The molecule has 33 heavy (non-hydrogen) atoms. The van der Waals surface area contributed by atoms with E-state index in [0.29, 0.717) is 23.0 Å². The van der Waals surface area contributed by atoms with Crippen LogP contribution in [0.3, 0.4) is 0 Å². The number of carbonyl (C=O) groups excluding carboxylic acids is 2. The summed E-state index contributed by atoms with van der Waals surface area (Å²) in [6.45, 7) is 0.446. The summed E-state index contributed by atoms with van der Waals surface area (Å²) >= 11 is 5.72. The topological polar surface area (TPSA) is 68.4 Å². The molecule has 5 rings (SSSR count). The molecule has 2 amide bonds. The van der Waals surface area contributed by atoms with Crippen molar-refractivity contribution >= 4 is 51.4 Å². The maximum Gasteiger partial charge on any atom is 0.256 e. The summed E-state index contributed by atoms with van der Waals surface area (Å²) in [7, 11) is 0. The van der Waals surface area contributed by atoms with Crippen LogP contribution in [0.2, 0.25) is 0 Å². The molecule has 0 radical (unpaired) electrons. The third kappa shape index (κ3) is 4.23. The summed E-state index contributed by atoms with van der Waals surface area (Å²) in [6, 6.07) is 26.1. The Hall–Kier alpha value is -3.97. The van der Waals surface area contributed by atoms with Gasteiger partial charge in [-0.25, -0.2) is 0 Å². The number of nitrogens with zero attached hydrogens (tertiary/aromatic N) is 2. The first-order valence-electron chi connectivity index (χ1n) is 10.7. The molecule has 1 saturated heterocycles. The lowest BCUT2D eigenvalue weighted by molar-refractivity contribution is -0.124. The number of amides is 2. The first-order chi connectivity index (χ1) is 16.1. The number of anilines is 2. The van der Waals surface area contributed by atoms with Crippen molar-refractivity contribution < 1.29 is 9.59 Å². The highest BCUT2D eigenvalue weighted by Gasteiger charge is 2.44. The first-order valence-corrected chi connectivity index (χ1v) is 11.1. The van der Waals surface area contributed by atoms with Crippen molar-refractivity contribution in [2.45, 2.75) is 19.0 Å². The highest BCUT2D eigenvalue weighted by atomic mass is 32.1. The Kier molecular flexibility index (Phi) is 5.62. The van der Waals surface area contributed by atoms with Gasteiger partial charge in [0.05, 0.1) is 12.1 Å². The highest BCUT2D eigenvalue weighted by Crippen LogP contribution is 2.29. The minimum absolute atomic E-state index is 0.00208. The van der Waals surface area contributed by atoms with Gasteiger partial charge in [-0.2, -0.15) is 0 Å². The molecule has 1 aromatic heterocycles. The van der Waals surface area contributed by atoms with Crippen molar-refractivity contribution in [2.75, 3.05) is 10.2 Å². The third-order valence-electron chi connectivity index (χ3n) is 5.75. The van der Waals surface area contributed by atoms with Gasteiger partial charge in [0.15, 0.2) is 5.11 Å². The minimum atomic E-state index is -0.688. The number of fused-ring (bicyclic) bond motifs is 1. The van der Waals surface area contributed by atoms with E-state index in [1.54, 1.807) is 0 Å². The Balaban J connectivity index is 1.39. The second-order valence-electron chi connectivity index (χ2n) is 7.95. The van der Waals surface area contributed by atoms with Crippen LogP contribution in [0.4, 0.5) is 11.4 Å². The van der Waals surface area contributed by atoms with Crippen LogP contribution in [0.5, 0.6) is 0 Å². The lowest BCUT2D eigenvalue weighted by atomic mass is 10.1. The van der Waals surface area contributed by atoms with E-state index in [0.717, 1.165) is 16.5 Å². The van der Waals surface area contributed by atoms with Gasteiger partial charge in [0.2, 0.25) is 5.91 Å². The number of thiocarbonyl (C=S) groups is 1. The van der Waals surface area contributed by atoms with E-state index in [-0.39, 0.29) is 18.2 Å². The number of carbonyl (C=O) groups is 2. The molecule has 1 aliphatic rings. The maximum absolute atomic E-state index is 13.5. The molecule has 3 aromatic carbocycles. The number of rotatable bonds is 6. The summed E-state index contributed by atoms with van der Waals surface area (Å²) in [5.74, 6) is -0.438. The van der Waals surface area contributed by atoms with Gasteiger partial charge < -0.3 is 15.2 Å². The molecule has 0 spiro atoms. The van der Waals surface area contributed by atoms with Gasteiger partial charge >= 0.3 is 0 Å². The van der Waals surface area contributed by atoms with Crippen molar-refractivity contribution in [3.05, 3.63) is 96.7 Å². The number of aromatic nitrogens is 1. The number of hydrogen-bond acceptors (Lipinski definition) is 3. The maximum atomic E-state index is 13.5. The number of nitrogens with one attached hydrogen (secondary N) is 2. The molecule has 1 fully saturated rings. The standard InChI is InChI=1S/C26H22N4O2S/c31-24(28-20-12-11-19-13-14-27-22(19)15-20)16-23-25(32)30(21-9-5-2-6-10-21)26(33)29(23)17-18-7-3-1-4-8-18/h1-15,23,27H,16-17H2,(H,28,31). The zero-order chi connectivity index (χ0) is 22.8. The van der Waals surface area contributed by atoms with E-state index < -0.39 is 6.04 Å². The number of hydrogen-bond donors (Lipinski definition) is 2. The highest BCUT2D eigenvalue weighted by molar-refractivity contribution is 7.80. The van der Waals surface area contributed by atoms with Crippen molar-refractivity contribution in [1.82, 2.24) is 9.88 Å². The molecule has 164 valence electrons. The lowest BCUT2D eigenvalue weighted by Crippen LogP contribution is -2.37. The molecule has 1 unspecified atom stereocenters. The van der Waals surface area contributed by atoms with Crippen LogP contribution in [0.25, 0.3) is 10.9 Å². The average Bonchev–Trinajstić information content (AvgIpc) is 3.38. The SMILES string of the molecule is O=C(CC1C(=O)N(c2ccccc2)C(=S)N1Cc1ccccc1)Nc1ccc2cc[nH]c2c1. The Bertz CT molecular complexity index is 1320. The van der Waals surface area contributed by atoms with Crippen LogP contribution in [0.15, 0.2) is 91.1 Å².